The van der Waals surface area contributed by atoms with Crippen molar-refractivity contribution < 1.29 is 58.7 Å². The van der Waals surface area contributed by atoms with Gasteiger partial charge in [-0.1, -0.05) is 20.4 Å². The maximum Gasteiger partial charge on any atom is 0.468 e. The number of carbonyl (C=O) groups is 2. The van der Waals surface area contributed by atoms with E-state index in [0.29, 0.717) is 0 Å². The van der Waals surface area contributed by atoms with Gasteiger partial charge in [-0.25, -0.2) is 9.59 Å². The van der Waals surface area contributed by atoms with Crippen molar-refractivity contribution in [3.63, 3.8) is 0 Å². The summed E-state index contributed by atoms with van der Waals surface area (Å²) in [6.07, 6.45) is -7.77. The predicted octanol–water partition coefficient (Wildman–Crippen LogP) is 2.45. The van der Waals surface area contributed by atoms with Crippen molar-refractivity contribution in [2.24, 2.45) is 5.92 Å². The Bertz CT molecular complexity index is 701. The van der Waals surface area contributed by atoms with Crippen LogP contribution in [0.25, 0.3) is 0 Å². The van der Waals surface area contributed by atoms with E-state index in [1.54, 1.807) is 0 Å². The first-order valence-corrected chi connectivity index (χ1v) is 8.93. The van der Waals surface area contributed by atoms with Crippen LogP contribution in [-0.2, 0) is 33.9 Å². The van der Waals surface area contributed by atoms with E-state index in [4.69, 9.17) is 4.55 Å². The van der Waals surface area contributed by atoms with Gasteiger partial charge in [0.15, 0.2) is 0 Å². The molecule has 0 radical (unpaired) electrons. The minimum atomic E-state index is -5.97. The molecule has 1 atom stereocenters. The maximum atomic E-state index is 13.5. The van der Waals surface area contributed by atoms with Crippen molar-refractivity contribution in [3.8, 4) is 0 Å². The first-order chi connectivity index (χ1) is 12.4. The summed E-state index contributed by atoms with van der Waals surface area (Å²) >= 11 is 0. The third-order valence-electron chi connectivity index (χ3n) is 2.85. The summed E-state index contributed by atoms with van der Waals surface area (Å²) in [6, 6.07) is 0. The third kappa shape index (κ3) is 6.67. The molecule has 0 aliphatic carbocycles. The monoisotopic (exact) mass is 442 g/mol. The molecular weight excluding hydrogens is 423 g/mol. The lowest BCUT2D eigenvalue weighted by Gasteiger charge is -2.32. The molecule has 0 rings (SSSR count). The quantitative estimate of drug-likeness (QED) is 0.180. The first kappa shape index (κ1) is 26.2. The number of rotatable bonds is 10. The van der Waals surface area contributed by atoms with Crippen LogP contribution in [0.3, 0.4) is 0 Å². The van der Waals surface area contributed by atoms with Gasteiger partial charge in [-0.3, -0.25) is 4.55 Å². The van der Waals surface area contributed by atoms with E-state index in [9.17, 15) is 40.0 Å². The van der Waals surface area contributed by atoms with Crippen molar-refractivity contribution >= 4 is 22.1 Å². The largest absolute Gasteiger partial charge is 0.468 e. The fourth-order valence-corrected chi connectivity index (χ4v) is 1.72. The van der Waals surface area contributed by atoms with E-state index < -0.39 is 70.4 Å². The van der Waals surface area contributed by atoms with Crippen molar-refractivity contribution in [2.75, 3.05) is 13.2 Å². The molecule has 0 saturated heterocycles. The second-order valence-electron chi connectivity index (χ2n) is 5.99. The Balaban J connectivity index is 5.88. The molecule has 0 fully saturated rings. The Morgan fingerprint density at radius 3 is 2.00 bits per heavy atom. The van der Waals surface area contributed by atoms with Crippen molar-refractivity contribution in [1.29, 1.82) is 0 Å². The van der Waals surface area contributed by atoms with E-state index in [1.165, 1.54) is 13.8 Å². The van der Waals surface area contributed by atoms with Crippen LogP contribution in [0.2, 0.25) is 0 Å². The summed E-state index contributed by atoms with van der Waals surface area (Å²) in [6.45, 7) is 4.58. The first-order valence-electron chi connectivity index (χ1n) is 7.49. The zero-order valence-electron chi connectivity index (χ0n) is 15.0. The van der Waals surface area contributed by atoms with Gasteiger partial charge in [-0.2, -0.15) is 30.4 Å². The molecule has 0 aromatic heterocycles. The fourth-order valence-electron chi connectivity index (χ4n) is 1.38. The van der Waals surface area contributed by atoms with Gasteiger partial charge in [0.1, 0.15) is 0 Å². The lowest BCUT2D eigenvalue weighted by atomic mass is 10.2. The lowest BCUT2D eigenvalue weighted by molar-refractivity contribution is -0.355. The molecule has 0 aliphatic rings. The summed E-state index contributed by atoms with van der Waals surface area (Å²) in [5.74, 6) is -8.91. The van der Waals surface area contributed by atoms with Gasteiger partial charge in [0.2, 0.25) is 0 Å². The highest BCUT2D eigenvalue weighted by atomic mass is 32.2. The van der Waals surface area contributed by atoms with E-state index in [0.717, 1.165) is 6.92 Å². The second kappa shape index (κ2) is 9.13. The van der Waals surface area contributed by atoms with Crippen molar-refractivity contribution in [3.05, 3.63) is 12.2 Å². The van der Waals surface area contributed by atoms with Crippen LogP contribution in [0.4, 0.5) is 22.0 Å². The summed E-state index contributed by atoms with van der Waals surface area (Å²) < 4.78 is 109. The standard InChI is InChI=1S/C14H19F5O8S/c1-8(2)7-25-11(21)13(14(17,18)19,27-10(20)9(3)4)26-6-5-12(15,16)28(22,23)24/h8H,3,5-7H2,1-2,4H3,(H,22,23,24). The van der Waals surface area contributed by atoms with Gasteiger partial charge in [-0.05, 0) is 12.8 Å². The minimum Gasteiger partial charge on any atom is -0.460 e. The Labute approximate surface area is 157 Å². The van der Waals surface area contributed by atoms with Crippen LogP contribution in [0.1, 0.15) is 27.2 Å². The lowest BCUT2D eigenvalue weighted by Crippen LogP contribution is -2.58. The Morgan fingerprint density at radius 2 is 1.64 bits per heavy atom. The van der Waals surface area contributed by atoms with Crippen molar-refractivity contribution in [2.45, 2.75) is 44.4 Å². The number of alkyl halides is 5. The number of carbonyl (C=O) groups excluding carboxylic acids is 2. The molecule has 28 heavy (non-hydrogen) atoms. The van der Waals surface area contributed by atoms with E-state index in [1.807, 2.05) is 0 Å². The summed E-state index contributed by atoms with van der Waals surface area (Å²) in [5.41, 5.74) is -0.586. The van der Waals surface area contributed by atoms with Gasteiger partial charge < -0.3 is 14.2 Å². The SMILES string of the molecule is C=C(C)C(=O)OC(OCCC(F)(F)S(=O)(=O)O)(C(=O)OCC(C)C)C(F)(F)F. The molecule has 0 bridgehead atoms. The van der Waals surface area contributed by atoms with Crippen LogP contribution < -0.4 is 0 Å². The van der Waals surface area contributed by atoms with Crippen LogP contribution in [0, 0.1) is 5.92 Å². The summed E-state index contributed by atoms with van der Waals surface area (Å²) in [7, 11) is -5.97. The number of esters is 2. The van der Waals surface area contributed by atoms with Crippen LogP contribution in [0.5, 0.6) is 0 Å². The number of halogens is 5. The average molecular weight is 442 g/mol. The molecule has 1 N–H and O–H groups in total. The minimum absolute atomic E-state index is 0.449. The smallest absolute Gasteiger partial charge is 0.460 e. The molecular formula is C14H19F5O8S. The molecule has 8 nitrogen and oxygen atoms in total. The highest BCUT2D eigenvalue weighted by Crippen LogP contribution is 2.38. The summed E-state index contributed by atoms with van der Waals surface area (Å²) in [4.78, 5) is 23.6. The van der Waals surface area contributed by atoms with E-state index >= 15 is 0 Å². The van der Waals surface area contributed by atoms with Gasteiger partial charge in [0.25, 0.3) is 0 Å². The molecule has 0 heterocycles. The Kier molecular flexibility index (Phi) is 8.55. The molecule has 0 aliphatic heterocycles. The van der Waals surface area contributed by atoms with Gasteiger partial charge in [0.05, 0.1) is 19.6 Å². The molecule has 0 aromatic rings. The molecule has 0 saturated carbocycles. The van der Waals surface area contributed by atoms with Crippen LogP contribution >= 0.6 is 0 Å². The number of hydrogen-bond donors (Lipinski definition) is 1. The van der Waals surface area contributed by atoms with E-state index in [-0.39, 0.29) is 0 Å². The van der Waals surface area contributed by atoms with Crippen molar-refractivity contribution in [1.82, 2.24) is 0 Å². The second-order valence-corrected chi connectivity index (χ2v) is 7.53. The highest BCUT2D eigenvalue weighted by Gasteiger charge is 2.68. The average Bonchev–Trinajstić information content (AvgIpc) is 2.48. The molecule has 0 amide bonds. The molecule has 164 valence electrons. The normalized spacial score (nSPS) is 15.1. The molecule has 14 heteroatoms. The Hall–Kier alpha value is -1.80. The maximum absolute atomic E-state index is 13.5. The zero-order chi connectivity index (χ0) is 22.6. The van der Waals surface area contributed by atoms with Gasteiger partial charge >= 0.3 is 39.3 Å². The summed E-state index contributed by atoms with van der Waals surface area (Å²) in [5, 5.41) is -4.88. The van der Waals surface area contributed by atoms with Gasteiger partial charge in [-0.15, -0.1) is 0 Å². The topological polar surface area (TPSA) is 116 Å². The molecule has 0 spiro atoms. The van der Waals surface area contributed by atoms with Gasteiger partial charge in [0, 0.05) is 5.57 Å². The third-order valence-corrected chi connectivity index (χ3v) is 3.81. The molecule has 1 unspecified atom stereocenters. The molecule has 0 aromatic carbocycles. The Morgan fingerprint density at radius 1 is 1.14 bits per heavy atom. The highest BCUT2D eigenvalue weighted by molar-refractivity contribution is 7.86. The number of ether oxygens (including phenoxy) is 3. The zero-order valence-corrected chi connectivity index (χ0v) is 15.8. The van der Waals surface area contributed by atoms with Crippen LogP contribution in [0.15, 0.2) is 12.2 Å². The fraction of sp³-hybridized carbons (Fsp3) is 0.714. The predicted molar refractivity (Wildman–Crippen MR) is 82.6 cm³/mol. The van der Waals surface area contributed by atoms with E-state index in [2.05, 4.69) is 20.8 Å². The van der Waals surface area contributed by atoms with Crippen LogP contribution in [-0.4, -0.2) is 55.3 Å². The number of hydrogen-bond acceptors (Lipinski definition) is 7.